The molecule has 0 spiro atoms. The van der Waals surface area contributed by atoms with E-state index < -0.39 is 35.2 Å². The van der Waals surface area contributed by atoms with E-state index in [-0.39, 0.29) is 19.2 Å². The second-order valence-corrected chi connectivity index (χ2v) is 7.40. The number of anilines is 2. The van der Waals surface area contributed by atoms with Crippen LogP contribution in [0, 0.1) is 0 Å². The maximum atomic E-state index is 13.0. The summed E-state index contributed by atoms with van der Waals surface area (Å²) in [4.78, 5) is 28.1. The molecule has 1 aliphatic heterocycles. The zero-order chi connectivity index (χ0) is 24.5. The molecule has 2 amide bonds. The molecule has 8 nitrogen and oxygen atoms in total. The first-order valence-corrected chi connectivity index (χ1v) is 9.91. The fraction of sp³-hybridized carbons (Fsp3) is 0.300. The molecule has 4 rings (SSSR count). The van der Waals surface area contributed by atoms with Gasteiger partial charge in [0, 0.05) is 50.3 Å². The van der Waals surface area contributed by atoms with E-state index in [0.29, 0.717) is 36.9 Å². The standard InChI is InChI=1S/C20H17F6N7O/c21-19(22,23)13-7-14(20(24,25)26)9-15(8-13)30-18(34)32-5-3-31(4-6-32)16-10-17(29-11-28-16)33-2-1-27-12-33/h1-2,7-12H,3-6H2,(H,30,34). The van der Waals surface area contributed by atoms with Gasteiger partial charge in [-0.3, -0.25) is 4.57 Å². The van der Waals surface area contributed by atoms with Crippen LogP contribution in [0.25, 0.3) is 5.82 Å². The average molecular weight is 485 g/mol. The number of hydrogen-bond acceptors (Lipinski definition) is 5. The number of aromatic nitrogens is 4. The van der Waals surface area contributed by atoms with Gasteiger partial charge in [0.1, 0.15) is 24.3 Å². The Hall–Kier alpha value is -3.84. The summed E-state index contributed by atoms with van der Waals surface area (Å²) in [5.41, 5.74) is -3.59. The quantitative estimate of drug-likeness (QED) is 0.567. The highest BCUT2D eigenvalue weighted by molar-refractivity contribution is 5.89. The second kappa shape index (κ2) is 8.83. The number of benzene rings is 1. The lowest BCUT2D eigenvalue weighted by atomic mass is 10.1. The van der Waals surface area contributed by atoms with Gasteiger partial charge in [0.2, 0.25) is 0 Å². The fourth-order valence-electron chi connectivity index (χ4n) is 3.41. The molecule has 1 saturated heterocycles. The molecule has 3 aromatic rings. The largest absolute Gasteiger partial charge is 0.416 e. The fourth-order valence-corrected chi connectivity index (χ4v) is 3.41. The van der Waals surface area contributed by atoms with Gasteiger partial charge in [0.15, 0.2) is 0 Å². The number of carbonyl (C=O) groups is 1. The van der Waals surface area contributed by atoms with Crippen LogP contribution in [0.3, 0.4) is 0 Å². The summed E-state index contributed by atoms with van der Waals surface area (Å²) in [6.45, 7) is 1.07. The van der Waals surface area contributed by atoms with Crippen LogP contribution in [0.4, 0.5) is 42.6 Å². The molecule has 0 saturated carbocycles. The Kier molecular flexibility index (Phi) is 6.06. The zero-order valence-electron chi connectivity index (χ0n) is 17.3. The monoisotopic (exact) mass is 485 g/mol. The van der Waals surface area contributed by atoms with E-state index in [2.05, 4.69) is 20.3 Å². The number of carbonyl (C=O) groups excluding carboxylic acids is 1. The molecule has 0 bridgehead atoms. The smallest absolute Gasteiger partial charge is 0.353 e. The number of urea groups is 1. The Morgan fingerprint density at radius 3 is 2.03 bits per heavy atom. The van der Waals surface area contributed by atoms with E-state index in [1.54, 1.807) is 29.4 Å². The minimum absolute atomic E-state index is 0.00813. The third-order valence-electron chi connectivity index (χ3n) is 5.14. The Balaban J connectivity index is 1.43. The van der Waals surface area contributed by atoms with Crippen LogP contribution in [0.5, 0.6) is 0 Å². The van der Waals surface area contributed by atoms with Crippen LogP contribution in [-0.2, 0) is 12.4 Å². The number of nitrogens with zero attached hydrogens (tertiary/aromatic N) is 6. The third-order valence-corrected chi connectivity index (χ3v) is 5.14. The normalized spacial score (nSPS) is 14.9. The Morgan fingerprint density at radius 1 is 0.853 bits per heavy atom. The predicted octanol–water partition coefficient (Wildman–Crippen LogP) is 4.05. The minimum Gasteiger partial charge on any atom is -0.353 e. The molecule has 0 unspecified atom stereocenters. The summed E-state index contributed by atoms with van der Waals surface area (Å²) < 4.78 is 79.9. The molecular weight excluding hydrogens is 468 g/mol. The third kappa shape index (κ3) is 5.21. The van der Waals surface area contributed by atoms with Gasteiger partial charge in [-0.25, -0.2) is 19.7 Å². The Bertz CT molecular complexity index is 1120. The van der Waals surface area contributed by atoms with Crippen molar-refractivity contribution in [1.29, 1.82) is 0 Å². The number of imidazole rings is 1. The zero-order valence-corrected chi connectivity index (χ0v) is 17.3. The van der Waals surface area contributed by atoms with Crippen molar-refractivity contribution in [2.24, 2.45) is 0 Å². The molecule has 1 aliphatic rings. The Morgan fingerprint density at radius 2 is 1.47 bits per heavy atom. The van der Waals surface area contributed by atoms with Crippen LogP contribution in [0.2, 0.25) is 0 Å². The molecule has 0 atom stereocenters. The first kappa shape index (κ1) is 23.3. The van der Waals surface area contributed by atoms with Gasteiger partial charge in [0.25, 0.3) is 0 Å². The number of rotatable bonds is 3. The molecule has 1 fully saturated rings. The molecule has 3 heterocycles. The van der Waals surface area contributed by atoms with Crippen LogP contribution >= 0.6 is 0 Å². The van der Waals surface area contributed by atoms with Gasteiger partial charge >= 0.3 is 18.4 Å². The number of halogens is 6. The molecule has 2 aromatic heterocycles. The maximum absolute atomic E-state index is 13.0. The van der Waals surface area contributed by atoms with E-state index in [1.165, 1.54) is 11.2 Å². The second-order valence-electron chi connectivity index (χ2n) is 7.40. The number of alkyl halides is 6. The highest BCUT2D eigenvalue weighted by Gasteiger charge is 2.37. The highest BCUT2D eigenvalue weighted by Crippen LogP contribution is 2.37. The number of nitrogens with one attached hydrogen (secondary N) is 1. The van der Waals surface area contributed by atoms with Crippen molar-refractivity contribution in [3.05, 3.63) is 60.4 Å². The van der Waals surface area contributed by atoms with Crippen molar-refractivity contribution >= 4 is 17.5 Å². The van der Waals surface area contributed by atoms with Crippen LogP contribution in [-0.4, -0.2) is 56.6 Å². The van der Waals surface area contributed by atoms with Gasteiger partial charge in [-0.15, -0.1) is 0 Å². The van der Waals surface area contributed by atoms with Gasteiger partial charge in [-0.1, -0.05) is 0 Å². The van der Waals surface area contributed by atoms with Crippen molar-refractivity contribution in [2.75, 3.05) is 36.4 Å². The summed E-state index contributed by atoms with van der Waals surface area (Å²) in [7, 11) is 0. The van der Waals surface area contributed by atoms with Crippen LogP contribution in [0.1, 0.15) is 11.1 Å². The lowest BCUT2D eigenvalue weighted by molar-refractivity contribution is -0.143. The van der Waals surface area contributed by atoms with E-state index in [1.807, 2.05) is 4.90 Å². The summed E-state index contributed by atoms with van der Waals surface area (Å²) in [5, 5.41) is 2.15. The molecule has 1 N–H and O–H groups in total. The molecule has 0 aliphatic carbocycles. The molecule has 14 heteroatoms. The number of amides is 2. The van der Waals surface area contributed by atoms with Gasteiger partial charge < -0.3 is 15.1 Å². The topological polar surface area (TPSA) is 79.2 Å². The van der Waals surface area contributed by atoms with Crippen LogP contribution in [0.15, 0.2) is 49.3 Å². The number of hydrogen-bond donors (Lipinski definition) is 1. The first-order valence-electron chi connectivity index (χ1n) is 9.91. The van der Waals surface area contributed by atoms with Crippen LogP contribution < -0.4 is 10.2 Å². The van der Waals surface area contributed by atoms with E-state index in [4.69, 9.17) is 0 Å². The van der Waals surface area contributed by atoms with Gasteiger partial charge in [-0.2, -0.15) is 26.3 Å². The summed E-state index contributed by atoms with van der Waals surface area (Å²) in [5.74, 6) is 1.19. The molecule has 180 valence electrons. The SMILES string of the molecule is O=C(Nc1cc(C(F)(F)F)cc(C(F)(F)F)c1)N1CCN(c2cc(-n3ccnc3)ncn2)CC1. The molecule has 1 aromatic carbocycles. The first-order chi connectivity index (χ1) is 16.0. The maximum Gasteiger partial charge on any atom is 0.416 e. The van der Waals surface area contributed by atoms with Gasteiger partial charge in [0.05, 0.1) is 11.1 Å². The Labute approximate surface area is 188 Å². The predicted molar refractivity (Wildman–Crippen MR) is 108 cm³/mol. The lowest BCUT2D eigenvalue weighted by Gasteiger charge is -2.35. The summed E-state index contributed by atoms with van der Waals surface area (Å²) >= 11 is 0. The minimum atomic E-state index is -5.00. The van der Waals surface area contributed by atoms with E-state index in [9.17, 15) is 31.1 Å². The number of piperazine rings is 1. The van der Waals surface area contributed by atoms with Crippen molar-refractivity contribution in [3.8, 4) is 5.82 Å². The molecule has 0 radical (unpaired) electrons. The summed E-state index contributed by atoms with van der Waals surface area (Å²) in [6.07, 6.45) is -3.73. The van der Waals surface area contributed by atoms with Crippen molar-refractivity contribution < 1.29 is 31.1 Å². The summed E-state index contributed by atoms with van der Waals surface area (Å²) in [6, 6.07) is 1.89. The lowest BCUT2D eigenvalue weighted by Crippen LogP contribution is -2.50. The molecular formula is C20H17F6N7O. The average Bonchev–Trinajstić information content (AvgIpc) is 3.33. The van der Waals surface area contributed by atoms with E-state index >= 15 is 0 Å². The van der Waals surface area contributed by atoms with Crippen molar-refractivity contribution in [3.63, 3.8) is 0 Å². The van der Waals surface area contributed by atoms with Crippen molar-refractivity contribution in [2.45, 2.75) is 12.4 Å². The highest BCUT2D eigenvalue weighted by atomic mass is 19.4. The van der Waals surface area contributed by atoms with E-state index in [0.717, 1.165) is 0 Å². The van der Waals surface area contributed by atoms with Gasteiger partial charge in [-0.05, 0) is 18.2 Å². The van der Waals surface area contributed by atoms with Crippen molar-refractivity contribution in [1.82, 2.24) is 24.4 Å². The molecule has 34 heavy (non-hydrogen) atoms.